The van der Waals surface area contributed by atoms with Crippen LogP contribution in [0.1, 0.15) is 11.3 Å². The number of hydrogen-bond donors (Lipinski definition) is 1. The minimum Gasteiger partial charge on any atom is -0.280 e. The molecule has 7 heteroatoms. The monoisotopic (exact) mass is 372 g/mol. The first-order valence-corrected chi connectivity index (χ1v) is 9.09. The fourth-order valence-corrected chi connectivity index (χ4v) is 3.39. The largest absolute Gasteiger partial charge is 0.280 e. The van der Waals surface area contributed by atoms with Crippen LogP contribution in [0, 0.1) is 11.6 Å². The Bertz CT molecular complexity index is 1050. The van der Waals surface area contributed by atoms with Crippen LogP contribution < -0.4 is 4.72 Å². The molecule has 0 aliphatic rings. The maximum atomic E-state index is 13.8. The number of hydrogen-bond acceptors (Lipinski definition) is 3. The van der Waals surface area contributed by atoms with Crippen molar-refractivity contribution in [1.82, 2.24) is 4.98 Å². The van der Waals surface area contributed by atoms with E-state index in [0.717, 1.165) is 23.4 Å². The number of sulfonamides is 1. The summed E-state index contributed by atoms with van der Waals surface area (Å²) in [4.78, 5) is 3.41. The van der Waals surface area contributed by atoms with Gasteiger partial charge in [0.1, 0.15) is 16.5 Å². The summed E-state index contributed by atoms with van der Waals surface area (Å²) in [5.41, 5.74) is 1.70. The van der Waals surface area contributed by atoms with Crippen LogP contribution in [-0.2, 0) is 10.0 Å². The van der Waals surface area contributed by atoms with Gasteiger partial charge in [-0.2, -0.15) is 0 Å². The molecular weight excluding hydrogens is 358 g/mol. The average molecular weight is 372 g/mol. The number of nitrogens with zero attached hydrogens (tertiary/aromatic N) is 1. The number of pyridine rings is 1. The van der Waals surface area contributed by atoms with Crippen molar-refractivity contribution >= 4 is 27.9 Å². The highest BCUT2D eigenvalue weighted by Crippen LogP contribution is 2.21. The van der Waals surface area contributed by atoms with Crippen molar-refractivity contribution in [2.45, 2.75) is 4.90 Å². The highest BCUT2D eigenvalue weighted by atomic mass is 32.2. The Balaban J connectivity index is 1.84. The fourth-order valence-electron chi connectivity index (χ4n) is 2.26. The number of halogens is 2. The second-order valence-electron chi connectivity index (χ2n) is 5.39. The lowest BCUT2D eigenvalue weighted by Crippen LogP contribution is -2.15. The second-order valence-corrected chi connectivity index (χ2v) is 7.04. The predicted molar refractivity (Wildman–Crippen MR) is 96.8 cm³/mol. The van der Waals surface area contributed by atoms with E-state index in [0.29, 0.717) is 6.07 Å². The molecule has 4 nitrogen and oxygen atoms in total. The number of benzene rings is 2. The van der Waals surface area contributed by atoms with Gasteiger partial charge in [0.15, 0.2) is 0 Å². The second kappa shape index (κ2) is 7.45. The fraction of sp³-hybridized carbons (Fsp3) is 0. The van der Waals surface area contributed by atoms with Crippen molar-refractivity contribution in [2.75, 3.05) is 4.72 Å². The van der Waals surface area contributed by atoms with E-state index < -0.39 is 26.6 Å². The zero-order valence-electron chi connectivity index (χ0n) is 13.4. The van der Waals surface area contributed by atoms with Gasteiger partial charge in [-0.3, -0.25) is 9.71 Å². The van der Waals surface area contributed by atoms with Crippen LogP contribution in [0.3, 0.4) is 0 Å². The first-order valence-electron chi connectivity index (χ1n) is 7.61. The van der Waals surface area contributed by atoms with Crippen LogP contribution in [0.25, 0.3) is 12.2 Å². The Hall–Kier alpha value is -3.06. The lowest BCUT2D eigenvalue weighted by molar-refractivity contribution is 0.555. The summed E-state index contributed by atoms with van der Waals surface area (Å²) in [5.74, 6) is -1.86. The molecule has 0 saturated heterocycles. The highest BCUT2D eigenvalue weighted by molar-refractivity contribution is 7.92. The molecule has 1 aromatic heterocycles. The van der Waals surface area contributed by atoms with Crippen molar-refractivity contribution < 1.29 is 17.2 Å². The molecule has 132 valence electrons. The van der Waals surface area contributed by atoms with E-state index in [1.54, 1.807) is 42.6 Å². The molecule has 0 amide bonds. The third kappa shape index (κ3) is 4.31. The Morgan fingerprint density at radius 3 is 2.54 bits per heavy atom. The van der Waals surface area contributed by atoms with Gasteiger partial charge < -0.3 is 0 Å². The van der Waals surface area contributed by atoms with Gasteiger partial charge in [-0.25, -0.2) is 17.2 Å². The molecule has 0 aliphatic carbocycles. The zero-order chi connectivity index (χ0) is 18.6. The first kappa shape index (κ1) is 17.8. The molecule has 0 fully saturated rings. The molecule has 0 saturated carbocycles. The minimum atomic E-state index is -4.25. The van der Waals surface area contributed by atoms with E-state index in [-0.39, 0.29) is 5.69 Å². The molecule has 2 aromatic carbocycles. The maximum Gasteiger partial charge on any atom is 0.264 e. The van der Waals surface area contributed by atoms with E-state index in [1.165, 1.54) is 6.07 Å². The molecule has 3 aromatic rings. The first-order chi connectivity index (χ1) is 12.4. The number of anilines is 1. The molecular formula is C19H14F2N2O2S. The van der Waals surface area contributed by atoms with Gasteiger partial charge in [-0.15, -0.1) is 0 Å². The molecule has 0 unspecified atom stereocenters. The van der Waals surface area contributed by atoms with Crippen LogP contribution in [0.4, 0.5) is 14.5 Å². The van der Waals surface area contributed by atoms with Crippen LogP contribution in [-0.4, -0.2) is 13.4 Å². The van der Waals surface area contributed by atoms with Crippen LogP contribution in [0.15, 0.2) is 71.8 Å². The molecule has 3 rings (SSSR count). The lowest BCUT2D eigenvalue weighted by atomic mass is 10.2. The van der Waals surface area contributed by atoms with E-state index >= 15 is 0 Å². The topological polar surface area (TPSA) is 59.1 Å². The van der Waals surface area contributed by atoms with Crippen LogP contribution >= 0.6 is 0 Å². The van der Waals surface area contributed by atoms with Crippen molar-refractivity contribution in [3.8, 4) is 0 Å². The van der Waals surface area contributed by atoms with Gasteiger partial charge in [0.2, 0.25) is 0 Å². The Morgan fingerprint density at radius 1 is 0.923 bits per heavy atom. The third-order valence-electron chi connectivity index (χ3n) is 3.46. The Morgan fingerprint density at radius 2 is 1.77 bits per heavy atom. The summed E-state index contributed by atoms with van der Waals surface area (Å²) in [7, 11) is -4.25. The normalized spacial score (nSPS) is 11.6. The number of rotatable bonds is 5. The predicted octanol–water partition coefficient (Wildman–Crippen LogP) is 4.33. The van der Waals surface area contributed by atoms with Gasteiger partial charge >= 0.3 is 0 Å². The van der Waals surface area contributed by atoms with Crippen molar-refractivity contribution in [1.29, 1.82) is 0 Å². The lowest BCUT2D eigenvalue weighted by Gasteiger charge is -2.09. The van der Waals surface area contributed by atoms with E-state index in [2.05, 4.69) is 9.71 Å². The molecule has 0 radical (unpaired) electrons. The summed E-state index contributed by atoms with van der Waals surface area (Å²) < 4.78 is 53.9. The Labute approximate surface area is 149 Å². The molecule has 0 atom stereocenters. The summed E-state index contributed by atoms with van der Waals surface area (Å²) in [6.07, 6.45) is 5.21. The average Bonchev–Trinajstić information content (AvgIpc) is 2.63. The van der Waals surface area contributed by atoms with Gasteiger partial charge in [-0.05, 0) is 54.1 Å². The van der Waals surface area contributed by atoms with Crippen molar-refractivity contribution in [2.24, 2.45) is 0 Å². The zero-order valence-corrected chi connectivity index (χ0v) is 14.2. The minimum absolute atomic E-state index is 0.233. The number of nitrogens with one attached hydrogen (secondary N) is 1. The SMILES string of the molecule is O=S(=O)(Nc1cccc(/C=C/c2ccccn2)c1)c1cc(F)ccc1F. The summed E-state index contributed by atoms with van der Waals surface area (Å²) in [6, 6.07) is 14.3. The Kier molecular flexibility index (Phi) is 5.09. The van der Waals surface area contributed by atoms with Crippen molar-refractivity contribution in [3.05, 3.63) is 89.8 Å². The summed E-state index contributed by atoms with van der Waals surface area (Å²) in [6.45, 7) is 0. The summed E-state index contributed by atoms with van der Waals surface area (Å²) >= 11 is 0. The summed E-state index contributed by atoms with van der Waals surface area (Å²) in [5, 5.41) is 0. The quantitative estimate of drug-likeness (QED) is 0.725. The smallest absolute Gasteiger partial charge is 0.264 e. The van der Waals surface area contributed by atoms with Crippen molar-refractivity contribution in [3.63, 3.8) is 0 Å². The third-order valence-corrected chi connectivity index (χ3v) is 4.85. The molecule has 0 aliphatic heterocycles. The van der Waals surface area contributed by atoms with E-state index in [4.69, 9.17) is 0 Å². The van der Waals surface area contributed by atoms with Crippen LogP contribution in [0.5, 0.6) is 0 Å². The van der Waals surface area contributed by atoms with E-state index in [9.17, 15) is 17.2 Å². The molecule has 0 spiro atoms. The maximum absolute atomic E-state index is 13.8. The van der Waals surface area contributed by atoms with Gasteiger partial charge in [0.25, 0.3) is 10.0 Å². The highest BCUT2D eigenvalue weighted by Gasteiger charge is 2.20. The standard InChI is InChI=1S/C19H14F2N2O2S/c20-15-8-10-18(21)19(13-15)26(24,25)23-17-6-3-4-14(12-17)7-9-16-5-1-2-11-22-16/h1-13,23H/b9-7+. The van der Waals surface area contributed by atoms with E-state index in [1.807, 2.05) is 12.1 Å². The molecule has 26 heavy (non-hydrogen) atoms. The molecule has 1 heterocycles. The number of aromatic nitrogens is 1. The molecule has 1 N–H and O–H groups in total. The van der Waals surface area contributed by atoms with Crippen LogP contribution in [0.2, 0.25) is 0 Å². The van der Waals surface area contributed by atoms with Gasteiger partial charge in [0, 0.05) is 11.9 Å². The van der Waals surface area contributed by atoms with Gasteiger partial charge in [-0.1, -0.05) is 24.3 Å². The van der Waals surface area contributed by atoms with Gasteiger partial charge in [0.05, 0.1) is 5.69 Å². The molecule has 0 bridgehead atoms.